The van der Waals surface area contributed by atoms with E-state index < -0.39 is 17.3 Å². The average molecular weight is 534 g/mol. The van der Waals surface area contributed by atoms with Crippen LogP contribution in [-0.2, 0) is 4.79 Å². The summed E-state index contributed by atoms with van der Waals surface area (Å²) in [6.07, 6.45) is 2.50. The minimum Gasteiger partial charge on any atom is -0.494 e. The van der Waals surface area contributed by atoms with Crippen molar-refractivity contribution in [2.75, 3.05) is 45.0 Å². The fourth-order valence-corrected chi connectivity index (χ4v) is 3.78. The van der Waals surface area contributed by atoms with Gasteiger partial charge in [0.15, 0.2) is 5.65 Å². The molecule has 4 aromatic rings. The van der Waals surface area contributed by atoms with Crippen LogP contribution in [0.2, 0.25) is 0 Å². The standard InChI is InChI=1S/C27H28FN7O4/c1-6-24(36)31-21-13-20(22(38-5)14-23(21)39-11-10-34(3)4)32-27-29-15-19-25(33-27)35(16(2)30-26(19)37)18-9-7-8-17(28)12-18/h6-9,12-15H,1,10-11H2,2-5H3,(H,31,36)(H,29,32,33). The second-order valence-electron chi connectivity index (χ2n) is 8.73. The maximum absolute atomic E-state index is 14.0. The highest BCUT2D eigenvalue weighted by Crippen LogP contribution is 2.38. The first kappa shape index (κ1) is 27.2. The van der Waals surface area contributed by atoms with E-state index in [9.17, 15) is 14.0 Å². The van der Waals surface area contributed by atoms with Crippen molar-refractivity contribution in [2.24, 2.45) is 0 Å². The van der Waals surface area contributed by atoms with E-state index in [1.54, 1.807) is 35.8 Å². The minimum absolute atomic E-state index is 0.123. The fraction of sp³-hybridized carbons (Fsp3) is 0.222. The van der Waals surface area contributed by atoms with Gasteiger partial charge in [-0.1, -0.05) is 12.6 Å². The molecule has 2 N–H and O–H groups in total. The fourth-order valence-electron chi connectivity index (χ4n) is 3.78. The molecule has 2 aromatic heterocycles. The van der Waals surface area contributed by atoms with Gasteiger partial charge in [-0.05, 0) is 51.4 Å². The number of carbonyl (C=O) groups is 1. The minimum atomic E-state index is -0.507. The van der Waals surface area contributed by atoms with E-state index in [-0.39, 0.29) is 17.0 Å². The van der Waals surface area contributed by atoms with Gasteiger partial charge < -0.3 is 25.0 Å². The summed E-state index contributed by atoms with van der Waals surface area (Å²) < 4.78 is 27.0. The molecule has 4 rings (SSSR count). The quantitative estimate of drug-likeness (QED) is 0.295. The molecule has 0 aliphatic carbocycles. The molecule has 39 heavy (non-hydrogen) atoms. The number of hydrogen-bond donors (Lipinski definition) is 2. The van der Waals surface area contributed by atoms with Crippen molar-refractivity contribution in [3.05, 3.63) is 77.2 Å². The molecule has 12 heteroatoms. The number of carbonyl (C=O) groups excluding carboxylic acids is 1. The number of anilines is 3. The molecule has 0 spiro atoms. The lowest BCUT2D eigenvalue weighted by atomic mass is 10.2. The van der Waals surface area contributed by atoms with E-state index in [0.29, 0.717) is 47.5 Å². The number of amides is 1. The molecule has 0 bridgehead atoms. The Morgan fingerprint density at radius 2 is 1.97 bits per heavy atom. The van der Waals surface area contributed by atoms with Gasteiger partial charge in [0.05, 0.1) is 24.2 Å². The molecule has 0 radical (unpaired) electrons. The van der Waals surface area contributed by atoms with E-state index in [4.69, 9.17) is 9.47 Å². The number of benzene rings is 2. The van der Waals surface area contributed by atoms with Crippen LogP contribution in [0.4, 0.5) is 21.7 Å². The molecule has 1 amide bonds. The molecular formula is C27H28FN7O4. The summed E-state index contributed by atoms with van der Waals surface area (Å²) in [5, 5.41) is 5.97. The lowest BCUT2D eigenvalue weighted by Crippen LogP contribution is -2.20. The molecule has 11 nitrogen and oxygen atoms in total. The number of hydrogen-bond acceptors (Lipinski definition) is 9. The predicted octanol–water partition coefficient (Wildman–Crippen LogP) is 3.44. The number of nitrogens with zero attached hydrogens (tertiary/aromatic N) is 5. The van der Waals surface area contributed by atoms with Crippen LogP contribution in [-0.4, -0.2) is 64.7 Å². The van der Waals surface area contributed by atoms with Crippen molar-refractivity contribution in [1.82, 2.24) is 24.4 Å². The summed E-state index contributed by atoms with van der Waals surface area (Å²) in [6, 6.07) is 9.14. The zero-order valence-corrected chi connectivity index (χ0v) is 22.0. The Bertz CT molecular complexity index is 1600. The van der Waals surface area contributed by atoms with Gasteiger partial charge in [-0.3, -0.25) is 14.2 Å². The maximum Gasteiger partial charge on any atom is 0.284 e. The summed E-state index contributed by atoms with van der Waals surface area (Å²) in [7, 11) is 5.34. The Hall–Kier alpha value is -4.84. The first-order valence-corrected chi connectivity index (χ1v) is 11.9. The van der Waals surface area contributed by atoms with Crippen LogP contribution in [0.25, 0.3) is 16.7 Å². The molecule has 0 saturated heterocycles. The smallest absolute Gasteiger partial charge is 0.284 e. The first-order valence-electron chi connectivity index (χ1n) is 11.9. The van der Waals surface area contributed by atoms with E-state index in [0.717, 1.165) is 6.08 Å². The number of rotatable bonds is 10. The van der Waals surface area contributed by atoms with Gasteiger partial charge in [-0.25, -0.2) is 9.37 Å². The highest BCUT2D eigenvalue weighted by Gasteiger charge is 2.17. The Morgan fingerprint density at radius 1 is 1.18 bits per heavy atom. The number of ether oxygens (including phenoxy) is 2. The third-order valence-corrected chi connectivity index (χ3v) is 5.65. The Balaban J connectivity index is 1.79. The van der Waals surface area contributed by atoms with Gasteiger partial charge in [0.2, 0.25) is 11.9 Å². The zero-order chi connectivity index (χ0) is 28.1. The highest BCUT2D eigenvalue weighted by molar-refractivity contribution is 6.00. The Labute approximate surface area is 223 Å². The molecule has 2 heterocycles. The lowest BCUT2D eigenvalue weighted by Gasteiger charge is -2.18. The van der Waals surface area contributed by atoms with Crippen molar-refractivity contribution < 1.29 is 18.7 Å². The summed E-state index contributed by atoms with van der Waals surface area (Å²) >= 11 is 0. The maximum atomic E-state index is 14.0. The van der Waals surface area contributed by atoms with Crippen LogP contribution in [0.3, 0.4) is 0 Å². The van der Waals surface area contributed by atoms with Crippen molar-refractivity contribution in [3.8, 4) is 17.2 Å². The summed E-state index contributed by atoms with van der Waals surface area (Å²) in [5.74, 6) is 0.372. The molecule has 0 unspecified atom stereocenters. The third kappa shape index (κ3) is 6.18. The number of methoxy groups -OCH3 is 1. The second kappa shape index (κ2) is 11.7. The van der Waals surface area contributed by atoms with Crippen molar-refractivity contribution in [1.29, 1.82) is 0 Å². The SMILES string of the molecule is C=CC(=O)Nc1cc(Nc2ncc3c(=O)nc(C)n(-c4cccc(F)c4)c3n2)c(OC)cc1OCCN(C)C. The largest absolute Gasteiger partial charge is 0.494 e. The zero-order valence-electron chi connectivity index (χ0n) is 22.0. The number of aromatic nitrogens is 4. The van der Waals surface area contributed by atoms with Crippen LogP contribution in [0.1, 0.15) is 5.82 Å². The van der Waals surface area contributed by atoms with E-state index in [1.165, 1.54) is 25.4 Å². The molecule has 0 atom stereocenters. The van der Waals surface area contributed by atoms with Gasteiger partial charge in [0.25, 0.3) is 5.56 Å². The first-order chi connectivity index (χ1) is 18.7. The second-order valence-corrected chi connectivity index (χ2v) is 8.73. The normalized spacial score (nSPS) is 10.9. The monoisotopic (exact) mass is 533 g/mol. The molecule has 0 saturated carbocycles. The number of halogens is 1. The number of likely N-dealkylation sites (N-methyl/N-ethyl adjacent to an activating group) is 1. The Morgan fingerprint density at radius 3 is 2.67 bits per heavy atom. The average Bonchev–Trinajstić information content (AvgIpc) is 2.89. The number of fused-ring (bicyclic) bond motifs is 1. The highest BCUT2D eigenvalue weighted by atomic mass is 19.1. The molecule has 202 valence electrons. The van der Waals surface area contributed by atoms with E-state index in [2.05, 4.69) is 32.2 Å². The number of nitrogens with one attached hydrogen (secondary N) is 2. The molecule has 0 aliphatic heterocycles. The molecule has 0 fully saturated rings. The molecule has 2 aromatic carbocycles. The van der Waals surface area contributed by atoms with Crippen LogP contribution in [0.5, 0.6) is 11.5 Å². The molecular weight excluding hydrogens is 505 g/mol. The van der Waals surface area contributed by atoms with Crippen molar-refractivity contribution in [3.63, 3.8) is 0 Å². The van der Waals surface area contributed by atoms with Gasteiger partial charge in [-0.2, -0.15) is 9.97 Å². The van der Waals surface area contributed by atoms with E-state index in [1.807, 2.05) is 19.0 Å². The van der Waals surface area contributed by atoms with Gasteiger partial charge >= 0.3 is 0 Å². The number of aryl methyl sites for hydroxylation is 1. The van der Waals surface area contributed by atoms with Crippen LogP contribution >= 0.6 is 0 Å². The third-order valence-electron chi connectivity index (χ3n) is 5.65. The van der Waals surface area contributed by atoms with Crippen molar-refractivity contribution in [2.45, 2.75) is 6.92 Å². The molecule has 0 aliphatic rings. The van der Waals surface area contributed by atoms with Gasteiger partial charge in [0, 0.05) is 18.8 Å². The van der Waals surface area contributed by atoms with Gasteiger partial charge in [0.1, 0.15) is 35.1 Å². The summed E-state index contributed by atoms with van der Waals surface area (Å²) in [5.41, 5.74) is 0.966. The van der Waals surface area contributed by atoms with Crippen LogP contribution < -0.4 is 25.7 Å². The van der Waals surface area contributed by atoms with Crippen LogP contribution in [0.15, 0.2) is 60.0 Å². The lowest BCUT2D eigenvalue weighted by molar-refractivity contribution is -0.111. The van der Waals surface area contributed by atoms with E-state index >= 15 is 0 Å². The van der Waals surface area contributed by atoms with Crippen molar-refractivity contribution >= 4 is 34.3 Å². The summed E-state index contributed by atoms with van der Waals surface area (Å²) in [6.45, 7) is 6.16. The predicted molar refractivity (Wildman–Crippen MR) is 147 cm³/mol. The Kier molecular flexibility index (Phi) is 8.15. The van der Waals surface area contributed by atoms with Gasteiger partial charge in [-0.15, -0.1) is 0 Å². The summed E-state index contributed by atoms with van der Waals surface area (Å²) in [4.78, 5) is 39.5. The van der Waals surface area contributed by atoms with Crippen LogP contribution in [0, 0.1) is 12.7 Å². The topological polar surface area (TPSA) is 124 Å².